The zero-order valence-electron chi connectivity index (χ0n) is 14.5. The topological polar surface area (TPSA) is 89.1 Å². The molecular weight excluding hydrogens is 332 g/mol. The Labute approximate surface area is 150 Å². The molecule has 1 aromatic carbocycles. The molecule has 2 N–H and O–H groups in total. The van der Waals surface area contributed by atoms with Gasteiger partial charge in [0.15, 0.2) is 5.78 Å². The highest BCUT2D eigenvalue weighted by Gasteiger charge is 2.21. The number of hydrogen-bond donors (Lipinski definition) is 2. The SMILES string of the molecule is Cc1ccccc1C(=O)c1c[nH]c2ncnc(NCC3COCCO3)c12. The molecule has 1 aliphatic rings. The van der Waals surface area contributed by atoms with Crippen LogP contribution in [0, 0.1) is 6.92 Å². The minimum Gasteiger partial charge on any atom is -0.376 e. The first kappa shape index (κ1) is 16.7. The molecular formula is C19H20N4O3. The van der Waals surface area contributed by atoms with E-state index in [1.807, 2.05) is 31.2 Å². The molecule has 0 aliphatic carbocycles. The summed E-state index contributed by atoms with van der Waals surface area (Å²) < 4.78 is 11.1. The number of ketones is 1. The molecule has 4 rings (SSSR count). The fraction of sp³-hybridized carbons (Fsp3) is 0.316. The first-order chi connectivity index (χ1) is 12.7. The van der Waals surface area contributed by atoms with Crippen LogP contribution in [0.2, 0.25) is 0 Å². The summed E-state index contributed by atoms with van der Waals surface area (Å²) in [6, 6.07) is 7.55. The Hall–Kier alpha value is -2.77. The van der Waals surface area contributed by atoms with Crippen LogP contribution in [0.5, 0.6) is 0 Å². The molecule has 1 saturated heterocycles. The van der Waals surface area contributed by atoms with Crippen LogP contribution in [0.25, 0.3) is 11.0 Å². The number of H-pyrrole nitrogens is 1. The lowest BCUT2D eigenvalue weighted by Crippen LogP contribution is -2.34. The van der Waals surface area contributed by atoms with Crippen LogP contribution in [0.1, 0.15) is 21.5 Å². The Morgan fingerprint density at radius 1 is 1.27 bits per heavy atom. The number of aromatic amines is 1. The van der Waals surface area contributed by atoms with Gasteiger partial charge in [-0.3, -0.25) is 4.79 Å². The van der Waals surface area contributed by atoms with Crippen LogP contribution < -0.4 is 5.32 Å². The first-order valence-electron chi connectivity index (χ1n) is 8.59. The summed E-state index contributed by atoms with van der Waals surface area (Å²) >= 11 is 0. The zero-order valence-corrected chi connectivity index (χ0v) is 14.5. The van der Waals surface area contributed by atoms with Crippen molar-refractivity contribution in [3.63, 3.8) is 0 Å². The maximum atomic E-state index is 13.1. The fourth-order valence-corrected chi connectivity index (χ4v) is 3.11. The highest BCUT2D eigenvalue weighted by atomic mass is 16.6. The van der Waals surface area contributed by atoms with E-state index in [4.69, 9.17) is 9.47 Å². The molecule has 3 aromatic rings. The fourth-order valence-electron chi connectivity index (χ4n) is 3.11. The minimum atomic E-state index is -0.0514. The van der Waals surface area contributed by atoms with E-state index in [1.165, 1.54) is 6.33 Å². The van der Waals surface area contributed by atoms with Gasteiger partial charge in [-0.25, -0.2) is 9.97 Å². The monoisotopic (exact) mass is 352 g/mol. The number of hydrogen-bond acceptors (Lipinski definition) is 6. The molecule has 1 unspecified atom stereocenters. The Morgan fingerprint density at radius 3 is 2.96 bits per heavy atom. The third kappa shape index (κ3) is 3.18. The molecule has 3 heterocycles. The number of anilines is 1. The van der Waals surface area contributed by atoms with Gasteiger partial charge in [0.2, 0.25) is 0 Å². The van der Waals surface area contributed by atoms with Gasteiger partial charge in [0.25, 0.3) is 0 Å². The molecule has 0 spiro atoms. The lowest BCUT2D eigenvalue weighted by molar-refractivity contribution is -0.0819. The van der Waals surface area contributed by atoms with E-state index in [0.717, 1.165) is 5.56 Å². The van der Waals surface area contributed by atoms with E-state index >= 15 is 0 Å². The van der Waals surface area contributed by atoms with Gasteiger partial charge in [-0.15, -0.1) is 0 Å². The highest BCUT2D eigenvalue weighted by molar-refractivity contribution is 6.18. The van der Waals surface area contributed by atoms with Crippen molar-refractivity contribution in [2.24, 2.45) is 0 Å². The average molecular weight is 352 g/mol. The van der Waals surface area contributed by atoms with Gasteiger partial charge >= 0.3 is 0 Å². The number of nitrogens with zero attached hydrogens (tertiary/aromatic N) is 2. The number of nitrogens with one attached hydrogen (secondary N) is 2. The molecule has 7 heteroatoms. The standard InChI is InChI=1S/C19H20N4O3/c1-12-4-2-3-5-14(12)17(24)15-9-21-19-16(15)18(22-11-23-19)20-8-13-10-25-6-7-26-13/h2-5,9,11,13H,6-8,10H2,1H3,(H2,20,21,22,23). The van der Waals surface area contributed by atoms with Crippen LogP contribution in [0.4, 0.5) is 5.82 Å². The minimum absolute atomic E-state index is 0.0387. The molecule has 2 aromatic heterocycles. The second-order valence-electron chi connectivity index (χ2n) is 6.24. The zero-order chi connectivity index (χ0) is 17.9. The van der Waals surface area contributed by atoms with Gasteiger partial charge in [0.05, 0.1) is 36.9 Å². The third-order valence-corrected chi connectivity index (χ3v) is 4.49. The molecule has 0 radical (unpaired) electrons. The van der Waals surface area contributed by atoms with Crippen molar-refractivity contribution in [3.8, 4) is 0 Å². The number of aryl methyl sites for hydroxylation is 1. The molecule has 7 nitrogen and oxygen atoms in total. The number of fused-ring (bicyclic) bond motifs is 1. The predicted octanol–water partition coefficient (Wildman–Crippen LogP) is 2.32. The van der Waals surface area contributed by atoms with Crippen LogP contribution in [-0.4, -0.2) is 53.2 Å². The summed E-state index contributed by atoms with van der Waals surface area (Å²) in [4.78, 5) is 24.7. The average Bonchev–Trinajstić information content (AvgIpc) is 3.12. The number of carbonyl (C=O) groups is 1. The number of aromatic nitrogens is 3. The number of benzene rings is 1. The second-order valence-corrected chi connectivity index (χ2v) is 6.24. The van der Waals surface area contributed by atoms with E-state index in [1.54, 1.807) is 6.20 Å². The predicted molar refractivity (Wildman–Crippen MR) is 97.5 cm³/mol. The Bertz CT molecular complexity index is 931. The summed E-state index contributed by atoms with van der Waals surface area (Å²) in [5, 5.41) is 3.97. The second kappa shape index (κ2) is 7.23. The van der Waals surface area contributed by atoms with E-state index in [-0.39, 0.29) is 11.9 Å². The highest BCUT2D eigenvalue weighted by Crippen LogP contribution is 2.26. The summed E-state index contributed by atoms with van der Waals surface area (Å²) in [7, 11) is 0. The van der Waals surface area contributed by atoms with Crippen molar-refractivity contribution >= 4 is 22.6 Å². The summed E-state index contributed by atoms with van der Waals surface area (Å²) in [6.07, 6.45) is 3.13. The van der Waals surface area contributed by atoms with Gasteiger partial charge in [0.1, 0.15) is 17.8 Å². The molecule has 1 fully saturated rings. The molecule has 134 valence electrons. The van der Waals surface area contributed by atoms with E-state index in [9.17, 15) is 4.79 Å². The Kier molecular flexibility index (Phi) is 4.64. The summed E-state index contributed by atoms with van der Waals surface area (Å²) in [5.74, 6) is 0.562. The molecule has 0 bridgehead atoms. The van der Waals surface area contributed by atoms with Gasteiger partial charge in [-0.1, -0.05) is 24.3 Å². The van der Waals surface area contributed by atoms with Crippen LogP contribution in [0.3, 0.4) is 0 Å². The first-order valence-corrected chi connectivity index (χ1v) is 8.59. The van der Waals surface area contributed by atoms with Crippen molar-refractivity contribution in [1.29, 1.82) is 0 Å². The molecule has 0 amide bonds. The maximum Gasteiger partial charge on any atom is 0.195 e. The lowest BCUT2D eigenvalue weighted by atomic mass is 9.99. The van der Waals surface area contributed by atoms with Crippen LogP contribution in [-0.2, 0) is 9.47 Å². The lowest BCUT2D eigenvalue weighted by Gasteiger charge is -2.23. The quantitative estimate of drug-likeness (QED) is 0.685. The molecule has 26 heavy (non-hydrogen) atoms. The largest absolute Gasteiger partial charge is 0.376 e. The van der Waals surface area contributed by atoms with Crippen molar-refractivity contribution in [2.45, 2.75) is 13.0 Å². The summed E-state index contributed by atoms with van der Waals surface area (Å²) in [5.41, 5.74) is 2.79. The van der Waals surface area contributed by atoms with Crippen molar-refractivity contribution in [3.05, 3.63) is 53.5 Å². The van der Waals surface area contributed by atoms with Crippen molar-refractivity contribution in [2.75, 3.05) is 31.7 Å². The molecule has 1 atom stereocenters. The van der Waals surface area contributed by atoms with Gasteiger partial charge in [-0.05, 0) is 12.5 Å². The van der Waals surface area contributed by atoms with Crippen LogP contribution in [0.15, 0.2) is 36.8 Å². The van der Waals surface area contributed by atoms with Crippen molar-refractivity contribution in [1.82, 2.24) is 15.0 Å². The van der Waals surface area contributed by atoms with Crippen molar-refractivity contribution < 1.29 is 14.3 Å². The smallest absolute Gasteiger partial charge is 0.195 e. The molecule has 1 aliphatic heterocycles. The Morgan fingerprint density at radius 2 is 2.15 bits per heavy atom. The van der Waals surface area contributed by atoms with Gasteiger partial charge < -0.3 is 19.8 Å². The molecule has 0 saturated carbocycles. The van der Waals surface area contributed by atoms with Gasteiger partial charge in [0, 0.05) is 18.3 Å². The number of ether oxygens (including phenoxy) is 2. The van der Waals surface area contributed by atoms with E-state index in [0.29, 0.717) is 54.3 Å². The van der Waals surface area contributed by atoms with E-state index < -0.39 is 0 Å². The van der Waals surface area contributed by atoms with Gasteiger partial charge in [-0.2, -0.15) is 0 Å². The number of rotatable bonds is 5. The Balaban J connectivity index is 1.66. The maximum absolute atomic E-state index is 13.1. The third-order valence-electron chi connectivity index (χ3n) is 4.49. The van der Waals surface area contributed by atoms with Crippen LogP contribution >= 0.6 is 0 Å². The summed E-state index contributed by atoms with van der Waals surface area (Å²) in [6.45, 7) is 4.24. The number of carbonyl (C=O) groups excluding carboxylic acids is 1. The van der Waals surface area contributed by atoms with E-state index in [2.05, 4.69) is 20.3 Å². The normalized spacial score (nSPS) is 17.3.